The molecular formula is C12H12N2O4S. The van der Waals surface area contributed by atoms with Gasteiger partial charge in [0.2, 0.25) is 0 Å². The maximum absolute atomic E-state index is 11.6. The molecule has 0 unspecified atom stereocenters. The van der Waals surface area contributed by atoms with E-state index >= 15 is 0 Å². The number of hydrogen-bond acceptors (Lipinski definition) is 6. The van der Waals surface area contributed by atoms with Crippen molar-refractivity contribution in [1.82, 2.24) is 0 Å². The van der Waals surface area contributed by atoms with E-state index in [4.69, 9.17) is 14.7 Å². The normalized spacial score (nSPS) is 17.7. The summed E-state index contributed by atoms with van der Waals surface area (Å²) in [6.45, 7) is 0.175. The second-order valence-electron chi connectivity index (χ2n) is 3.93. The minimum Gasteiger partial charge on any atom is -0.454 e. The molecule has 2 rings (SSSR count). The van der Waals surface area contributed by atoms with Crippen molar-refractivity contribution in [3.05, 3.63) is 17.0 Å². The predicted molar refractivity (Wildman–Crippen MR) is 67.6 cm³/mol. The van der Waals surface area contributed by atoms with Gasteiger partial charge in [-0.1, -0.05) is 0 Å². The lowest BCUT2D eigenvalue weighted by atomic mass is 10.2. The Kier molecular flexibility index (Phi) is 4.49. The van der Waals surface area contributed by atoms with Crippen molar-refractivity contribution >= 4 is 28.2 Å². The fraction of sp³-hybridized carbons (Fsp3) is 0.417. The van der Waals surface area contributed by atoms with E-state index < -0.39 is 18.0 Å². The number of rotatable bonds is 4. The van der Waals surface area contributed by atoms with Gasteiger partial charge in [-0.25, -0.2) is 4.79 Å². The molecule has 1 aliphatic rings. The first-order valence-electron chi connectivity index (χ1n) is 5.76. The standard InChI is InChI=1S/C12H12N2O4S/c13-6-8-3-5-19-11(8)14-10(15)7-18-12(16)9-2-1-4-17-9/h3,5,9H,1-2,4,7H2,(H,14,15)/t9-/m0/s1. The van der Waals surface area contributed by atoms with Crippen molar-refractivity contribution in [3.63, 3.8) is 0 Å². The highest BCUT2D eigenvalue weighted by atomic mass is 32.1. The summed E-state index contributed by atoms with van der Waals surface area (Å²) in [7, 11) is 0. The Bertz CT molecular complexity index is 514. The lowest BCUT2D eigenvalue weighted by Gasteiger charge is -2.09. The van der Waals surface area contributed by atoms with Gasteiger partial charge < -0.3 is 14.8 Å². The molecule has 0 bridgehead atoms. The van der Waals surface area contributed by atoms with Gasteiger partial charge in [0, 0.05) is 6.61 Å². The third-order valence-corrected chi connectivity index (χ3v) is 3.41. The molecule has 19 heavy (non-hydrogen) atoms. The average molecular weight is 280 g/mol. The minimum atomic E-state index is -0.552. The van der Waals surface area contributed by atoms with Crippen LogP contribution in [0.4, 0.5) is 5.00 Å². The number of thiophene rings is 1. The lowest BCUT2D eigenvalue weighted by Crippen LogP contribution is -2.27. The van der Waals surface area contributed by atoms with Gasteiger partial charge in [0.1, 0.15) is 11.1 Å². The van der Waals surface area contributed by atoms with Crippen molar-refractivity contribution < 1.29 is 19.1 Å². The Morgan fingerprint density at radius 3 is 3.16 bits per heavy atom. The SMILES string of the molecule is N#Cc1ccsc1NC(=O)COC(=O)[C@@H]1CCCO1. The van der Waals surface area contributed by atoms with Gasteiger partial charge in [0.05, 0.1) is 5.56 Å². The Labute approximate surface area is 113 Å². The molecule has 0 aliphatic carbocycles. The van der Waals surface area contributed by atoms with Crippen LogP contribution in [0, 0.1) is 11.3 Å². The average Bonchev–Trinajstić information content (AvgIpc) is 3.06. The molecule has 1 fully saturated rings. The molecule has 1 aromatic heterocycles. The highest BCUT2D eigenvalue weighted by molar-refractivity contribution is 7.14. The predicted octanol–water partition coefficient (Wildman–Crippen LogP) is 1.28. The zero-order valence-electron chi connectivity index (χ0n) is 10.0. The van der Waals surface area contributed by atoms with Gasteiger partial charge in [0.25, 0.3) is 5.91 Å². The number of anilines is 1. The summed E-state index contributed by atoms with van der Waals surface area (Å²) in [5, 5.41) is 13.5. The number of carbonyl (C=O) groups is 2. The van der Waals surface area contributed by atoms with Crippen molar-refractivity contribution in [2.45, 2.75) is 18.9 Å². The van der Waals surface area contributed by atoms with Crippen molar-refractivity contribution in [2.24, 2.45) is 0 Å². The van der Waals surface area contributed by atoms with Gasteiger partial charge in [-0.3, -0.25) is 4.79 Å². The maximum Gasteiger partial charge on any atom is 0.335 e. The summed E-state index contributed by atoms with van der Waals surface area (Å²) in [4.78, 5) is 23.1. The van der Waals surface area contributed by atoms with Crippen LogP contribution in [0.3, 0.4) is 0 Å². The van der Waals surface area contributed by atoms with Crippen molar-refractivity contribution in [3.8, 4) is 6.07 Å². The Morgan fingerprint density at radius 2 is 2.47 bits per heavy atom. The molecule has 0 aromatic carbocycles. The van der Waals surface area contributed by atoms with Crippen molar-refractivity contribution in [1.29, 1.82) is 5.26 Å². The first-order valence-corrected chi connectivity index (χ1v) is 6.64. The molecule has 0 saturated carbocycles. The van der Waals surface area contributed by atoms with E-state index in [0.717, 1.165) is 6.42 Å². The summed E-state index contributed by atoms with van der Waals surface area (Å²) < 4.78 is 10.00. The fourth-order valence-electron chi connectivity index (χ4n) is 1.65. The molecule has 1 aliphatic heterocycles. The monoisotopic (exact) mass is 280 g/mol. The molecule has 2 heterocycles. The maximum atomic E-state index is 11.6. The molecule has 100 valence electrons. The van der Waals surface area contributed by atoms with Crippen LogP contribution in [0.2, 0.25) is 0 Å². The molecule has 6 nitrogen and oxygen atoms in total. The third kappa shape index (κ3) is 3.53. The number of ether oxygens (including phenoxy) is 2. The Hall–Kier alpha value is -1.91. The molecule has 1 amide bonds. The summed E-state index contributed by atoms with van der Waals surface area (Å²) in [6.07, 6.45) is 0.903. The zero-order valence-corrected chi connectivity index (χ0v) is 10.9. The van der Waals surface area contributed by atoms with Crippen LogP contribution in [0.1, 0.15) is 18.4 Å². The number of esters is 1. The van der Waals surface area contributed by atoms with E-state index in [1.54, 1.807) is 11.4 Å². The summed E-state index contributed by atoms with van der Waals surface area (Å²) in [5.41, 5.74) is 0.392. The highest BCUT2D eigenvalue weighted by Crippen LogP contribution is 2.21. The van der Waals surface area contributed by atoms with Crippen molar-refractivity contribution in [2.75, 3.05) is 18.5 Å². The minimum absolute atomic E-state index is 0.374. The first-order chi connectivity index (χ1) is 9.20. The van der Waals surface area contributed by atoms with Gasteiger partial charge >= 0.3 is 5.97 Å². The van der Waals surface area contributed by atoms with Crippen LogP contribution in [0.5, 0.6) is 0 Å². The molecule has 7 heteroatoms. The fourth-order valence-corrected chi connectivity index (χ4v) is 2.40. The van der Waals surface area contributed by atoms with Crippen LogP contribution < -0.4 is 5.32 Å². The van der Waals surface area contributed by atoms with Gasteiger partial charge in [0.15, 0.2) is 12.7 Å². The molecule has 1 saturated heterocycles. The highest BCUT2D eigenvalue weighted by Gasteiger charge is 2.25. The smallest absolute Gasteiger partial charge is 0.335 e. The number of hydrogen-bond donors (Lipinski definition) is 1. The Morgan fingerprint density at radius 1 is 1.63 bits per heavy atom. The van der Waals surface area contributed by atoms with Crippen LogP contribution in [0.15, 0.2) is 11.4 Å². The van der Waals surface area contributed by atoms with E-state index in [-0.39, 0.29) is 6.61 Å². The molecule has 0 radical (unpaired) electrons. The van der Waals surface area contributed by atoms with E-state index in [2.05, 4.69) is 5.32 Å². The molecular weight excluding hydrogens is 268 g/mol. The van der Waals surface area contributed by atoms with Crippen LogP contribution in [0.25, 0.3) is 0 Å². The Balaban J connectivity index is 1.79. The summed E-state index contributed by atoms with van der Waals surface area (Å²) in [6, 6.07) is 3.57. The number of nitrogens with zero attached hydrogens (tertiary/aromatic N) is 1. The molecule has 0 spiro atoms. The number of carbonyl (C=O) groups excluding carboxylic acids is 2. The summed E-state index contributed by atoms with van der Waals surface area (Å²) >= 11 is 1.24. The van der Waals surface area contributed by atoms with Crippen LogP contribution in [-0.4, -0.2) is 31.2 Å². The number of nitrogens with one attached hydrogen (secondary N) is 1. The summed E-state index contributed by atoms with van der Waals surface area (Å²) in [5.74, 6) is -0.982. The van der Waals surface area contributed by atoms with E-state index in [9.17, 15) is 9.59 Å². The van der Waals surface area contributed by atoms with E-state index in [1.165, 1.54) is 11.3 Å². The zero-order chi connectivity index (χ0) is 13.7. The number of nitriles is 1. The van der Waals surface area contributed by atoms with Crippen LogP contribution in [-0.2, 0) is 19.1 Å². The van der Waals surface area contributed by atoms with Gasteiger partial charge in [-0.05, 0) is 24.3 Å². The van der Waals surface area contributed by atoms with Gasteiger partial charge in [-0.2, -0.15) is 5.26 Å². The lowest BCUT2D eigenvalue weighted by molar-refractivity contribution is -0.156. The van der Waals surface area contributed by atoms with E-state index in [0.29, 0.717) is 23.6 Å². The molecule has 1 aromatic rings. The van der Waals surface area contributed by atoms with Crippen LogP contribution >= 0.6 is 11.3 Å². The molecule has 1 N–H and O–H groups in total. The van der Waals surface area contributed by atoms with Gasteiger partial charge in [-0.15, -0.1) is 11.3 Å². The topological polar surface area (TPSA) is 88.4 Å². The molecule has 1 atom stereocenters. The second-order valence-corrected chi connectivity index (χ2v) is 4.85. The quantitative estimate of drug-likeness (QED) is 0.839. The second kappa shape index (κ2) is 6.31. The third-order valence-electron chi connectivity index (χ3n) is 2.58. The number of amides is 1. The van der Waals surface area contributed by atoms with E-state index in [1.807, 2.05) is 6.07 Å². The first kappa shape index (κ1) is 13.5. The largest absolute Gasteiger partial charge is 0.454 e.